The summed E-state index contributed by atoms with van der Waals surface area (Å²) >= 11 is 11.7. The standard InChI is InChI=1S/C22H30Cl2N10.C6H10O6/c23-15-5-9-17(10-6-15)31-21(27)33-19(25)29-13-3-1-2-4-14-30-20(26)34-22(28)32-18-11-7-16(24)8-12-18;7-1-2(8)5-3(9)4(10)6(11)12-5/h5-12H,1-4,13-14H2,(H5,25,27,29,31,33)(H5,26,28,30,32,34);2-5,7-10H,1H2/t;2-,3+,4-,5+/m.1/s1. The smallest absolute Gasteiger partial charge is 0.338 e. The third kappa shape index (κ3) is 14.3. The molecule has 0 aromatic heterocycles. The molecule has 16 nitrogen and oxygen atoms in total. The second kappa shape index (κ2) is 20.0. The van der Waals surface area contributed by atoms with Crippen LogP contribution in [0.25, 0.3) is 0 Å². The van der Waals surface area contributed by atoms with Crippen LogP contribution < -0.4 is 33.6 Å². The number of ether oxygens (including phenoxy) is 1. The fourth-order valence-electron chi connectivity index (χ4n) is 3.70. The average molecular weight is 684 g/mol. The van der Waals surface area contributed by atoms with Crippen molar-refractivity contribution in [2.45, 2.75) is 50.1 Å². The molecule has 3 rings (SSSR count). The number of esters is 1. The number of anilines is 2. The average Bonchev–Trinajstić information content (AvgIpc) is 3.27. The Bertz CT molecular complexity index is 1280. The number of nitrogens with zero attached hydrogens (tertiary/aromatic N) is 4. The molecule has 0 saturated carbocycles. The lowest BCUT2D eigenvalue weighted by Gasteiger charge is -2.17. The van der Waals surface area contributed by atoms with Gasteiger partial charge in [0.25, 0.3) is 0 Å². The lowest BCUT2D eigenvalue weighted by atomic mass is 10.1. The van der Waals surface area contributed by atoms with Crippen LogP contribution in [0.5, 0.6) is 0 Å². The number of guanidine groups is 4. The van der Waals surface area contributed by atoms with Gasteiger partial charge in [-0.1, -0.05) is 36.0 Å². The van der Waals surface area contributed by atoms with Crippen LogP contribution in [-0.4, -0.2) is 94.3 Å². The molecular weight excluding hydrogens is 643 g/mol. The van der Waals surface area contributed by atoms with Crippen LogP contribution in [0.4, 0.5) is 11.4 Å². The highest BCUT2D eigenvalue weighted by atomic mass is 35.5. The SMILES string of the molecule is NC(=NCCCCCCN=C(N)/N=C(\N)Nc1ccc(Cl)cc1)/N=C(\N)Nc1ccc(Cl)cc1.O=C1O[C@@H]([C@H](O)CO)[C@@H](O)[C@H]1O. The summed E-state index contributed by atoms with van der Waals surface area (Å²) in [6.45, 7) is 0.486. The Morgan fingerprint density at radius 1 is 0.783 bits per heavy atom. The van der Waals surface area contributed by atoms with Crippen molar-refractivity contribution >= 4 is 64.4 Å². The van der Waals surface area contributed by atoms with Gasteiger partial charge in [0.15, 0.2) is 12.2 Å². The topological polar surface area (TPSA) is 285 Å². The van der Waals surface area contributed by atoms with E-state index >= 15 is 0 Å². The van der Waals surface area contributed by atoms with Gasteiger partial charge in [-0.3, -0.25) is 9.98 Å². The fraction of sp³-hybridized carbons (Fsp3) is 0.393. The summed E-state index contributed by atoms with van der Waals surface area (Å²) in [5.74, 6) is -0.422. The van der Waals surface area contributed by atoms with E-state index in [0.29, 0.717) is 23.1 Å². The second-order valence-corrected chi connectivity index (χ2v) is 10.6. The number of carbonyl (C=O) groups is 1. The van der Waals surface area contributed by atoms with E-state index in [1.54, 1.807) is 48.5 Å². The lowest BCUT2D eigenvalue weighted by Crippen LogP contribution is -2.40. The third-order valence-electron chi connectivity index (χ3n) is 6.04. The molecule has 14 N–H and O–H groups in total. The zero-order valence-electron chi connectivity index (χ0n) is 24.8. The molecule has 1 heterocycles. The quantitative estimate of drug-likeness (QED) is 0.0664. The van der Waals surface area contributed by atoms with Gasteiger partial charge in [0.1, 0.15) is 12.2 Å². The Morgan fingerprint density at radius 3 is 1.54 bits per heavy atom. The first-order valence-corrected chi connectivity index (χ1v) is 14.8. The van der Waals surface area contributed by atoms with Gasteiger partial charge in [-0.05, 0) is 61.4 Å². The van der Waals surface area contributed by atoms with Gasteiger partial charge in [-0.15, -0.1) is 0 Å². The van der Waals surface area contributed by atoms with Gasteiger partial charge in [0.2, 0.25) is 23.8 Å². The monoisotopic (exact) mass is 682 g/mol. The molecule has 0 spiro atoms. The maximum absolute atomic E-state index is 10.6. The number of nitrogens with two attached hydrogens (primary N) is 4. The first kappa shape index (κ1) is 38.0. The largest absolute Gasteiger partial charge is 0.455 e. The number of cyclic esters (lactones) is 1. The van der Waals surface area contributed by atoms with Crippen LogP contribution in [0.3, 0.4) is 0 Å². The number of aliphatic imine (C=N–C) groups is 4. The summed E-state index contributed by atoms with van der Waals surface area (Å²) in [6, 6.07) is 14.1. The van der Waals surface area contributed by atoms with Gasteiger partial charge in [0.05, 0.1) is 6.61 Å². The summed E-state index contributed by atoms with van der Waals surface area (Å²) in [5.41, 5.74) is 24.8. The Kier molecular flexibility index (Phi) is 16.6. The minimum atomic E-state index is -1.63. The number of halogens is 2. The van der Waals surface area contributed by atoms with Crippen molar-refractivity contribution in [3.05, 3.63) is 58.6 Å². The van der Waals surface area contributed by atoms with Crippen LogP contribution in [0.15, 0.2) is 68.5 Å². The van der Waals surface area contributed by atoms with Gasteiger partial charge in [-0.2, -0.15) is 9.98 Å². The molecule has 1 aliphatic rings. The van der Waals surface area contributed by atoms with E-state index in [-0.39, 0.29) is 23.8 Å². The number of hydrogen-bond acceptors (Lipinski definition) is 8. The molecule has 0 bridgehead atoms. The van der Waals surface area contributed by atoms with E-state index in [1.807, 2.05) is 0 Å². The minimum Gasteiger partial charge on any atom is -0.455 e. The van der Waals surface area contributed by atoms with Gasteiger partial charge in [-0.25, -0.2) is 4.79 Å². The summed E-state index contributed by atoms with van der Waals surface area (Å²) < 4.78 is 4.39. The maximum Gasteiger partial charge on any atom is 0.338 e. The Balaban J connectivity index is 0.000000512. The van der Waals surface area contributed by atoms with Crippen molar-refractivity contribution < 1.29 is 30.0 Å². The van der Waals surface area contributed by atoms with E-state index in [1.165, 1.54) is 0 Å². The summed E-state index contributed by atoms with van der Waals surface area (Å²) in [4.78, 5) is 27.1. The van der Waals surface area contributed by atoms with E-state index < -0.39 is 37.0 Å². The molecule has 0 unspecified atom stereocenters. The Hall–Kier alpha value is -4.19. The van der Waals surface area contributed by atoms with Crippen LogP contribution in [-0.2, 0) is 9.53 Å². The first-order valence-electron chi connectivity index (χ1n) is 14.1. The zero-order valence-corrected chi connectivity index (χ0v) is 26.3. The molecule has 46 heavy (non-hydrogen) atoms. The molecule has 2 aromatic rings. The van der Waals surface area contributed by atoms with Crippen molar-refractivity contribution in [2.75, 3.05) is 30.3 Å². The number of rotatable bonds is 11. The second-order valence-electron chi connectivity index (χ2n) is 9.74. The van der Waals surface area contributed by atoms with Crippen LogP contribution in [0.2, 0.25) is 10.0 Å². The van der Waals surface area contributed by atoms with Crippen LogP contribution in [0, 0.1) is 0 Å². The van der Waals surface area contributed by atoms with E-state index in [0.717, 1.165) is 37.1 Å². The molecule has 0 radical (unpaired) electrons. The number of hydrogen-bond donors (Lipinski definition) is 10. The minimum absolute atomic E-state index is 0.124. The van der Waals surface area contributed by atoms with E-state index in [2.05, 4.69) is 35.3 Å². The zero-order chi connectivity index (χ0) is 34.1. The van der Waals surface area contributed by atoms with Crippen molar-refractivity contribution in [1.29, 1.82) is 0 Å². The molecule has 1 fully saturated rings. The summed E-state index contributed by atoms with van der Waals surface area (Å²) in [7, 11) is 0. The molecule has 1 saturated heterocycles. The van der Waals surface area contributed by atoms with E-state index in [4.69, 9.17) is 66.6 Å². The number of unbranched alkanes of at least 4 members (excludes halogenated alkanes) is 3. The van der Waals surface area contributed by atoms with Crippen molar-refractivity contribution in [3.63, 3.8) is 0 Å². The molecule has 0 aliphatic carbocycles. The molecule has 252 valence electrons. The predicted octanol–water partition coefficient (Wildman–Crippen LogP) is 0.323. The highest BCUT2D eigenvalue weighted by molar-refractivity contribution is 6.31. The first-order chi connectivity index (χ1) is 21.9. The summed E-state index contributed by atoms with van der Waals surface area (Å²) in [5, 5.41) is 42.5. The molecule has 4 atom stereocenters. The maximum atomic E-state index is 10.6. The number of aliphatic hydroxyl groups is 4. The number of benzene rings is 2. The number of nitrogens with one attached hydrogen (secondary N) is 2. The highest BCUT2D eigenvalue weighted by Crippen LogP contribution is 2.18. The van der Waals surface area contributed by atoms with Crippen molar-refractivity contribution in [1.82, 2.24) is 0 Å². The molecule has 1 aliphatic heterocycles. The van der Waals surface area contributed by atoms with Gasteiger partial charge in [0, 0.05) is 34.5 Å². The third-order valence-corrected chi connectivity index (χ3v) is 6.54. The number of carbonyl (C=O) groups excluding carboxylic acids is 1. The molecule has 2 aromatic carbocycles. The summed E-state index contributed by atoms with van der Waals surface area (Å²) in [6.07, 6.45) is -2.02. The van der Waals surface area contributed by atoms with E-state index in [9.17, 15) is 4.79 Å². The van der Waals surface area contributed by atoms with Crippen LogP contribution in [0.1, 0.15) is 25.7 Å². The molecule has 18 heteroatoms. The van der Waals surface area contributed by atoms with Crippen LogP contribution >= 0.6 is 23.2 Å². The van der Waals surface area contributed by atoms with Crippen molar-refractivity contribution in [3.8, 4) is 0 Å². The molecule has 0 amide bonds. The fourth-order valence-corrected chi connectivity index (χ4v) is 3.95. The van der Waals surface area contributed by atoms with Crippen molar-refractivity contribution in [2.24, 2.45) is 42.9 Å². The Morgan fingerprint density at radius 2 is 1.20 bits per heavy atom. The van der Waals surface area contributed by atoms with Gasteiger partial charge >= 0.3 is 5.97 Å². The van der Waals surface area contributed by atoms with Gasteiger partial charge < -0.3 is 58.7 Å². The highest BCUT2D eigenvalue weighted by Gasteiger charge is 2.45. The normalized spacial score (nSPS) is 19.6. The number of aliphatic hydroxyl groups excluding tert-OH is 4. The lowest BCUT2D eigenvalue weighted by molar-refractivity contribution is -0.151. The Labute approximate surface area is 275 Å². The molecular formula is C28H40Cl2N10O6. The predicted molar refractivity (Wildman–Crippen MR) is 180 cm³/mol.